The Morgan fingerprint density at radius 3 is 2.94 bits per heavy atom. The number of carbonyl (C=O) groups excluding carboxylic acids is 1. The molecule has 2 aromatic rings. The van der Waals surface area contributed by atoms with Crippen LogP contribution in [0.3, 0.4) is 0 Å². The average molecular weight is 252 g/mol. The number of nitrogens with one attached hydrogen (secondary N) is 1. The van der Waals surface area contributed by atoms with Crippen LogP contribution < -0.4 is 5.32 Å². The van der Waals surface area contributed by atoms with E-state index in [-0.39, 0.29) is 12.5 Å². The highest BCUT2D eigenvalue weighted by atomic mass is 32.1. The van der Waals surface area contributed by atoms with E-state index in [1.165, 1.54) is 11.0 Å². The second-order valence-corrected chi connectivity index (χ2v) is 4.81. The topological polar surface area (TPSA) is 85.6 Å². The standard InChI is InChI=1S/C9H12N6OS/c1-6-8(17-7(2)12-6)3-10-9(16)4-15-5-11-13-14-15/h5H,3-4H2,1-2H3,(H,10,16). The molecule has 17 heavy (non-hydrogen) atoms. The van der Waals surface area contributed by atoms with Gasteiger partial charge in [0.05, 0.1) is 17.2 Å². The van der Waals surface area contributed by atoms with Crippen molar-refractivity contribution in [2.75, 3.05) is 0 Å². The summed E-state index contributed by atoms with van der Waals surface area (Å²) < 4.78 is 1.38. The Bertz CT molecular complexity index is 506. The van der Waals surface area contributed by atoms with E-state index in [4.69, 9.17) is 0 Å². The van der Waals surface area contributed by atoms with E-state index in [0.29, 0.717) is 6.54 Å². The fourth-order valence-corrected chi connectivity index (χ4v) is 2.25. The van der Waals surface area contributed by atoms with Gasteiger partial charge >= 0.3 is 0 Å². The second-order valence-electron chi connectivity index (χ2n) is 3.53. The molecule has 0 fully saturated rings. The van der Waals surface area contributed by atoms with Crippen molar-refractivity contribution in [1.82, 2.24) is 30.5 Å². The zero-order valence-corrected chi connectivity index (χ0v) is 10.4. The number of tetrazole rings is 1. The maximum Gasteiger partial charge on any atom is 0.242 e. The van der Waals surface area contributed by atoms with Crippen molar-refractivity contribution in [2.24, 2.45) is 0 Å². The van der Waals surface area contributed by atoms with E-state index in [2.05, 4.69) is 25.8 Å². The van der Waals surface area contributed by atoms with Crippen molar-refractivity contribution < 1.29 is 4.79 Å². The van der Waals surface area contributed by atoms with Crippen molar-refractivity contribution in [2.45, 2.75) is 26.9 Å². The van der Waals surface area contributed by atoms with Gasteiger partial charge in [-0.3, -0.25) is 4.79 Å². The quantitative estimate of drug-likeness (QED) is 0.831. The Kier molecular flexibility index (Phi) is 3.43. The van der Waals surface area contributed by atoms with E-state index in [1.807, 2.05) is 13.8 Å². The number of hydrogen-bond donors (Lipinski definition) is 1. The number of rotatable bonds is 4. The van der Waals surface area contributed by atoms with Gasteiger partial charge in [-0.1, -0.05) is 0 Å². The summed E-state index contributed by atoms with van der Waals surface area (Å²) in [6, 6.07) is 0. The van der Waals surface area contributed by atoms with Crippen LogP contribution in [-0.2, 0) is 17.9 Å². The Balaban J connectivity index is 1.86. The third-order valence-corrected chi connectivity index (χ3v) is 3.22. The molecule has 0 saturated carbocycles. The van der Waals surface area contributed by atoms with Gasteiger partial charge in [-0.2, -0.15) is 0 Å². The fraction of sp³-hybridized carbons (Fsp3) is 0.444. The molecule has 0 saturated heterocycles. The molecule has 1 N–H and O–H groups in total. The number of thiazole rings is 1. The summed E-state index contributed by atoms with van der Waals surface area (Å²) in [5, 5.41) is 14.3. The minimum absolute atomic E-state index is 0.122. The molecule has 0 atom stereocenters. The van der Waals surface area contributed by atoms with Crippen LogP contribution in [0.1, 0.15) is 15.6 Å². The molecule has 0 aliphatic rings. The van der Waals surface area contributed by atoms with Gasteiger partial charge in [0.15, 0.2) is 0 Å². The number of amides is 1. The number of aromatic nitrogens is 5. The highest BCUT2D eigenvalue weighted by molar-refractivity contribution is 7.11. The monoisotopic (exact) mass is 252 g/mol. The molecule has 7 nitrogen and oxygen atoms in total. The van der Waals surface area contributed by atoms with Crippen LogP contribution in [0.2, 0.25) is 0 Å². The third kappa shape index (κ3) is 3.06. The van der Waals surface area contributed by atoms with Gasteiger partial charge in [0.2, 0.25) is 5.91 Å². The van der Waals surface area contributed by atoms with E-state index in [1.54, 1.807) is 11.3 Å². The molecule has 2 rings (SSSR count). The first-order chi connectivity index (χ1) is 8.15. The van der Waals surface area contributed by atoms with Crippen LogP contribution in [0.4, 0.5) is 0 Å². The summed E-state index contributed by atoms with van der Waals surface area (Å²) in [5.74, 6) is -0.122. The van der Waals surface area contributed by atoms with Crippen LogP contribution in [-0.4, -0.2) is 31.1 Å². The van der Waals surface area contributed by atoms with Crippen molar-refractivity contribution in [3.8, 4) is 0 Å². The predicted octanol–water partition coefficient (Wildman–Crippen LogP) is 0.0628. The summed E-state index contributed by atoms with van der Waals surface area (Å²) >= 11 is 1.59. The molecule has 8 heteroatoms. The fourth-order valence-electron chi connectivity index (χ4n) is 1.37. The lowest BCUT2D eigenvalue weighted by molar-refractivity contribution is -0.122. The zero-order chi connectivity index (χ0) is 12.3. The lowest BCUT2D eigenvalue weighted by Gasteiger charge is -2.03. The molecule has 2 heterocycles. The molecule has 0 unspecified atom stereocenters. The van der Waals surface area contributed by atoms with Gasteiger partial charge in [-0.25, -0.2) is 9.67 Å². The number of aryl methyl sites for hydroxylation is 2. The molecule has 2 aromatic heterocycles. The molecule has 0 spiro atoms. The maximum atomic E-state index is 11.6. The number of hydrogen-bond acceptors (Lipinski definition) is 6. The molecular formula is C9H12N6OS. The van der Waals surface area contributed by atoms with Crippen molar-refractivity contribution in [3.05, 3.63) is 21.9 Å². The van der Waals surface area contributed by atoms with Crippen molar-refractivity contribution in [3.63, 3.8) is 0 Å². The largest absolute Gasteiger partial charge is 0.350 e. The molecule has 1 amide bonds. The smallest absolute Gasteiger partial charge is 0.242 e. The molecule has 90 valence electrons. The average Bonchev–Trinajstić information content (AvgIpc) is 2.86. The van der Waals surface area contributed by atoms with E-state index in [9.17, 15) is 4.79 Å². The van der Waals surface area contributed by atoms with Gasteiger partial charge in [0.25, 0.3) is 0 Å². The summed E-state index contributed by atoms with van der Waals surface area (Å²) in [5.41, 5.74) is 0.968. The molecule has 0 aliphatic carbocycles. The SMILES string of the molecule is Cc1nc(C)c(CNC(=O)Cn2cnnn2)s1. The van der Waals surface area contributed by atoms with Crippen LogP contribution in [0, 0.1) is 13.8 Å². The Labute approximate surface area is 102 Å². The van der Waals surface area contributed by atoms with Gasteiger partial charge < -0.3 is 5.32 Å². The molecular weight excluding hydrogens is 240 g/mol. The summed E-state index contributed by atoms with van der Waals surface area (Å²) in [6.07, 6.45) is 1.40. The van der Waals surface area contributed by atoms with Gasteiger partial charge in [-0.05, 0) is 24.3 Å². The van der Waals surface area contributed by atoms with E-state index < -0.39 is 0 Å². The Morgan fingerprint density at radius 2 is 2.35 bits per heavy atom. The van der Waals surface area contributed by atoms with Crippen molar-refractivity contribution in [1.29, 1.82) is 0 Å². The zero-order valence-electron chi connectivity index (χ0n) is 9.54. The van der Waals surface area contributed by atoms with Gasteiger partial charge in [-0.15, -0.1) is 16.4 Å². The highest BCUT2D eigenvalue weighted by Gasteiger charge is 2.07. The molecule has 0 aromatic carbocycles. The van der Waals surface area contributed by atoms with Crippen molar-refractivity contribution >= 4 is 17.2 Å². The maximum absolute atomic E-state index is 11.6. The van der Waals surface area contributed by atoms with Crippen LogP contribution in [0.5, 0.6) is 0 Å². The molecule has 0 radical (unpaired) electrons. The molecule has 0 bridgehead atoms. The number of nitrogens with zero attached hydrogens (tertiary/aromatic N) is 5. The lowest BCUT2D eigenvalue weighted by atomic mass is 10.4. The van der Waals surface area contributed by atoms with E-state index in [0.717, 1.165) is 15.6 Å². The molecule has 0 aliphatic heterocycles. The summed E-state index contributed by atoms with van der Waals surface area (Å²) in [7, 11) is 0. The van der Waals surface area contributed by atoms with Crippen LogP contribution in [0.25, 0.3) is 0 Å². The van der Waals surface area contributed by atoms with Crippen LogP contribution >= 0.6 is 11.3 Å². The first kappa shape index (κ1) is 11.6. The lowest BCUT2D eigenvalue weighted by Crippen LogP contribution is -2.27. The second kappa shape index (κ2) is 5.00. The minimum atomic E-state index is -0.122. The van der Waals surface area contributed by atoms with Gasteiger partial charge in [0, 0.05) is 4.88 Å². The first-order valence-electron chi connectivity index (χ1n) is 5.05. The highest BCUT2D eigenvalue weighted by Crippen LogP contribution is 2.16. The normalized spacial score (nSPS) is 10.5. The predicted molar refractivity (Wildman–Crippen MR) is 61.3 cm³/mol. The third-order valence-electron chi connectivity index (χ3n) is 2.14. The number of carbonyl (C=O) groups is 1. The van der Waals surface area contributed by atoms with E-state index >= 15 is 0 Å². The summed E-state index contributed by atoms with van der Waals surface area (Å²) in [4.78, 5) is 16.9. The summed E-state index contributed by atoms with van der Waals surface area (Å²) in [6.45, 7) is 4.51. The first-order valence-corrected chi connectivity index (χ1v) is 5.87. The van der Waals surface area contributed by atoms with Gasteiger partial charge in [0.1, 0.15) is 12.9 Å². The Morgan fingerprint density at radius 1 is 1.53 bits per heavy atom. The van der Waals surface area contributed by atoms with Crippen LogP contribution in [0.15, 0.2) is 6.33 Å². The minimum Gasteiger partial charge on any atom is -0.350 e. The Hall–Kier alpha value is -1.83.